The maximum Gasteiger partial charge on any atom is 0.416 e. The minimum Gasteiger partial charge on any atom is -0.345 e. The Morgan fingerprint density at radius 1 is 1.09 bits per heavy atom. The summed E-state index contributed by atoms with van der Waals surface area (Å²) in [6, 6.07) is 13.5. The molecule has 0 saturated carbocycles. The lowest BCUT2D eigenvalue weighted by atomic mass is 9.81. The number of carbonyl (C=O) groups is 1. The van der Waals surface area contributed by atoms with E-state index in [1.807, 2.05) is 53.2 Å². The second kappa shape index (κ2) is 12.5. The Balaban J connectivity index is 1.68. The first-order valence-electron chi connectivity index (χ1n) is 14.2. The lowest BCUT2D eigenvalue weighted by molar-refractivity contribution is -0.925. The Morgan fingerprint density at radius 2 is 1.70 bits per heavy atom. The highest BCUT2D eigenvalue weighted by Crippen LogP contribution is 2.51. The smallest absolute Gasteiger partial charge is 0.345 e. The van der Waals surface area contributed by atoms with E-state index in [1.54, 1.807) is 40.1 Å². The van der Waals surface area contributed by atoms with Gasteiger partial charge in [-0.2, -0.15) is 13.2 Å². The van der Waals surface area contributed by atoms with Crippen molar-refractivity contribution >= 4 is 33.6 Å². The molecule has 1 fully saturated rings. The minimum absolute atomic E-state index is 0.111. The Kier molecular flexibility index (Phi) is 9.70. The zero-order chi connectivity index (χ0) is 32.7. The number of quaternary nitrogens is 1. The van der Waals surface area contributed by atoms with Gasteiger partial charge in [0, 0.05) is 12.6 Å². The minimum atomic E-state index is -4.53. The van der Waals surface area contributed by atoms with Crippen LogP contribution in [0.4, 0.5) is 24.7 Å². The molecule has 1 aliphatic heterocycles. The molecule has 4 rings (SSSR count). The molecular weight excluding hydrogens is 611 g/mol. The molecule has 1 N–H and O–H groups in total. The van der Waals surface area contributed by atoms with Gasteiger partial charge in [0.05, 0.1) is 56.1 Å². The monoisotopic (exact) mass is 651 g/mol. The fourth-order valence-electron chi connectivity index (χ4n) is 5.46. The number of halogens is 3. The Bertz CT molecular complexity index is 1580. The molecule has 13 heteroatoms. The van der Waals surface area contributed by atoms with Crippen molar-refractivity contribution in [3.05, 3.63) is 77.0 Å². The van der Waals surface area contributed by atoms with Crippen LogP contribution in [0, 0.1) is 13.8 Å². The predicted molar refractivity (Wildman–Crippen MR) is 171 cm³/mol. The van der Waals surface area contributed by atoms with E-state index < -0.39 is 24.4 Å². The van der Waals surface area contributed by atoms with Crippen molar-refractivity contribution in [2.45, 2.75) is 39.3 Å². The number of hydrogen-bond acceptors (Lipinski definition) is 5. The molecular formula is C31H40F3N4O4P2+. The van der Waals surface area contributed by atoms with E-state index in [0.29, 0.717) is 47.7 Å². The first-order valence-corrected chi connectivity index (χ1v) is 17.4. The lowest BCUT2D eigenvalue weighted by Gasteiger charge is -2.42. The summed E-state index contributed by atoms with van der Waals surface area (Å²) in [7, 11) is 1.77. The van der Waals surface area contributed by atoms with Crippen molar-refractivity contribution in [3.8, 4) is 11.1 Å². The SMILES string of the molecule is Cc1cc(C(F)(F)F)cc(C(C)(C)C(=O)N(C)c2cnc(N3CC[N+](C)(COP(=O)(O)P)CC3)cc2-c2ccccc2C)c1. The van der Waals surface area contributed by atoms with E-state index in [0.717, 1.165) is 28.8 Å². The summed E-state index contributed by atoms with van der Waals surface area (Å²) in [6.07, 6.45) is -2.89. The number of hydrogen-bond donors (Lipinski definition) is 1. The molecule has 2 aromatic carbocycles. The molecule has 0 radical (unpaired) electrons. The van der Waals surface area contributed by atoms with Crippen molar-refractivity contribution in [1.29, 1.82) is 0 Å². The van der Waals surface area contributed by atoms with Crippen molar-refractivity contribution in [2.24, 2.45) is 0 Å². The van der Waals surface area contributed by atoms with E-state index in [1.165, 1.54) is 4.90 Å². The van der Waals surface area contributed by atoms with Gasteiger partial charge in [-0.1, -0.05) is 35.9 Å². The maximum absolute atomic E-state index is 14.0. The highest BCUT2D eigenvalue weighted by molar-refractivity contribution is 8.11. The average molecular weight is 652 g/mol. The van der Waals surface area contributed by atoms with Gasteiger partial charge < -0.3 is 19.2 Å². The Labute approximate surface area is 259 Å². The molecule has 1 aromatic heterocycles. The van der Waals surface area contributed by atoms with Crippen LogP contribution in [0.3, 0.4) is 0 Å². The lowest BCUT2D eigenvalue weighted by Crippen LogP contribution is -2.58. The molecule has 2 atom stereocenters. The normalized spacial score (nSPS) is 16.8. The van der Waals surface area contributed by atoms with Crippen LogP contribution in [0.1, 0.15) is 36.1 Å². The quantitative estimate of drug-likeness (QED) is 0.220. The first-order chi connectivity index (χ1) is 20.3. The van der Waals surface area contributed by atoms with Crippen molar-refractivity contribution in [2.75, 3.05) is 56.8 Å². The molecule has 8 nitrogen and oxygen atoms in total. The number of pyridine rings is 1. The average Bonchev–Trinajstić information content (AvgIpc) is 2.95. The van der Waals surface area contributed by atoms with Gasteiger partial charge in [0.2, 0.25) is 5.91 Å². The summed E-state index contributed by atoms with van der Waals surface area (Å²) in [5.74, 6) is 0.341. The zero-order valence-electron chi connectivity index (χ0n) is 25.9. The highest BCUT2D eigenvalue weighted by atomic mass is 32.1. The fraction of sp³-hybridized carbons (Fsp3) is 0.419. The van der Waals surface area contributed by atoms with E-state index in [4.69, 9.17) is 9.51 Å². The summed E-state index contributed by atoms with van der Waals surface area (Å²) in [6.45, 7) is 9.53. The van der Waals surface area contributed by atoms with E-state index >= 15 is 0 Å². The van der Waals surface area contributed by atoms with Gasteiger partial charge in [0.15, 0.2) is 6.73 Å². The number of rotatable bonds is 8. The van der Waals surface area contributed by atoms with Crippen LogP contribution < -0.4 is 9.80 Å². The summed E-state index contributed by atoms with van der Waals surface area (Å²) in [5.41, 5.74) is 1.85. The third kappa shape index (κ3) is 7.69. The number of alkyl halides is 3. The number of aromatic nitrogens is 1. The van der Waals surface area contributed by atoms with Gasteiger partial charge in [0.25, 0.3) is 0 Å². The number of amides is 1. The van der Waals surface area contributed by atoms with E-state index in [9.17, 15) is 27.4 Å². The molecule has 2 unspecified atom stereocenters. The van der Waals surface area contributed by atoms with Crippen LogP contribution >= 0.6 is 16.2 Å². The van der Waals surface area contributed by atoms with E-state index in [-0.39, 0.29) is 18.2 Å². The number of likely N-dealkylation sites (N-methyl/N-ethyl adjacent to an activating group) is 2. The summed E-state index contributed by atoms with van der Waals surface area (Å²) in [5, 5.41) is 0. The highest BCUT2D eigenvalue weighted by Gasteiger charge is 2.38. The third-order valence-corrected chi connectivity index (χ3v) is 9.26. The number of nitrogens with zero attached hydrogens (tertiary/aromatic N) is 4. The topological polar surface area (TPSA) is 83.0 Å². The van der Waals surface area contributed by atoms with E-state index in [2.05, 4.69) is 4.90 Å². The number of carbonyl (C=O) groups excluding carboxylic acids is 1. The molecule has 1 saturated heterocycles. The Morgan fingerprint density at radius 3 is 2.30 bits per heavy atom. The summed E-state index contributed by atoms with van der Waals surface area (Å²) >= 11 is 0. The van der Waals surface area contributed by atoms with Crippen LogP contribution in [0.5, 0.6) is 0 Å². The number of anilines is 2. The van der Waals surface area contributed by atoms with Crippen molar-refractivity contribution in [3.63, 3.8) is 0 Å². The van der Waals surface area contributed by atoms with Crippen LogP contribution in [-0.4, -0.2) is 67.3 Å². The molecule has 1 amide bonds. The second-order valence-electron chi connectivity index (χ2n) is 12.3. The van der Waals surface area contributed by atoms with Crippen LogP contribution in [0.25, 0.3) is 11.1 Å². The number of aryl methyl sites for hydroxylation is 2. The van der Waals surface area contributed by atoms with Gasteiger partial charge >= 0.3 is 13.5 Å². The van der Waals surface area contributed by atoms with Crippen molar-refractivity contribution < 1.29 is 36.4 Å². The third-order valence-electron chi connectivity index (χ3n) is 8.33. The van der Waals surface area contributed by atoms with Gasteiger partial charge in [-0.15, -0.1) is 0 Å². The summed E-state index contributed by atoms with van der Waals surface area (Å²) < 4.78 is 58.1. The molecule has 0 spiro atoms. The van der Waals surface area contributed by atoms with Gasteiger partial charge in [0.1, 0.15) is 5.82 Å². The number of benzene rings is 2. The number of piperazine rings is 1. The van der Waals surface area contributed by atoms with Gasteiger partial charge in [-0.3, -0.25) is 13.9 Å². The van der Waals surface area contributed by atoms with Gasteiger partial charge in [-0.05, 0) is 71.5 Å². The van der Waals surface area contributed by atoms with Crippen LogP contribution in [0.15, 0.2) is 54.7 Å². The fourth-order valence-corrected chi connectivity index (χ4v) is 6.10. The van der Waals surface area contributed by atoms with Crippen molar-refractivity contribution in [1.82, 2.24) is 4.98 Å². The molecule has 2 heterocycles. The Hall–Kier alpha value is -2.81. The maximum atomic E-state index is 14.0. The predicted octanol–water partition coefficient (Wildman–Crippen LogP) is 6.54. The molecule has 3 aromatic rings. The molecule has 0 bridgehead atoms. The zero-order valence-corrected chi connectivity index (χ0v) is 27.9. The first kappa shape index (κ1) is 34.1. The molecule has 44 heavy (non-hydrogen) atoms. The standard InChI is InChI=1S/C31H39F3N4O4P2/c1-21-15-23(17-24(16-21)31(32,33)34)30(3,4)29(39)36(5)27-19-35-28(18-26(27)25-10-8-7-9-22(25)2)37-11-13-38(6,14-12-37)20-42-44(40,41)43/h7-10,15-19H,11-14,20,43H2,1-6H3/p+1. The molecule has 238 valence electrons. The van der Waals surface area contributed by atoms with Crippen LogP contribution in [0.2, 0.25) is 0 Å². The molecule has 0 aliphatic carbocycles. The van der Waals surface area contributed by atoms with Crippen LogP contribution in [-0.2, 0) is 25.5 Å². The van der Waals surface area contributed by atoms with Gasteiger partial charge in [-0.25, -0.2) is 4.98 Å². The molecule has 1 aliphatic rings. The largest absolute Gasteiger partial charge is 0.416 e. The summed E-state index contributed by atoms with van der Waals surface area (Å²) in [4.78, 5) is 31.9. The second-order valence-corrected chi connectivity index (χ2v) is 15.7.